The summed E-state index contributed by atoms with van der Waals surface area (Å²) in [4.78, 5) is 0. The van der Waals surface area contributed by atoms with E-state index >= 15 is 0 Å². The van der Waals surface area contributed by atoms with Gasteiger partial charge >= 0.3 is 0 Å². The Hall–Kier alpha value is -1.98. The van der Waals surface area contributed by atoms with Gasteiger partial charge in [0.25, 0.3) is 0 Å². The van der Waals surface area contributed by atoms with Gasteiger partial charge in [0.15, 0.2) is 0 Å². The second-order valence-corrected chi connectivity index (χ2v) is 5.98. The maximum absolute atomic E-state index is 8.97. The third-order valence-electron chi connectivity index (χ3n) is 3.25. The Bertz CT molecular complexity index is 639. The van der Waals surface area contributed by atoms with E-state index in [2.05, 4.69) is 49.5 Å². The van der Waals surface area contributed by atoms with Crippen molar-refractivity contribution in [3.8, 4) is 6.07 Å². The zero-order valence-corrected chi connectivity index (χ0v) is 13.1. The molecule has 2 rings (SSSR count). The van der Waals surface area contributed by atoms with Crippen LogP contribution in [0, 0.1) is 17.2 Å². The summed E-state index contributed by atoms with van der Waals surface area (Å²) in [5.41, 5.74) is 3.99. The van der Waals surface area contributed by atoms with Gasteiger partial charge in [0.1, 0.15) is 6.07 Å². The predicted molar refractivity (Wildman–Crippen MR) is 88.5 cm³/mol. The second kappa shape index (κ2) is 7.15. The molecule has 0 fully saturated rings. The zero-order valence-electron chi connectivity index (χ0n) is 12.4. The molecule has 21 heavy (non-hydrogen) atoms. The zero-order chi connectivity index (χ0) is 15.2. The fraction of sp³-hybridized carbons (Fsp3) is 0.278. The Labute approximate surface area is 131 Å². The van der Waals surface area contributed by atoms with E-state index < -0.39 is 0 Å². The lowest BCUT2D eigenvalue weighted by Gasteiger charge is -2.09. The van der Waals surface area contributed by atoms with E-state index in [4.69, 9.17) is 16.9 Å². The average Bonchev–Trinajstić information content (AvgIpc) is 2.47. The van der Waals surface area contributed by atoms with E-state index in [1.54, 1.807) is 12.1 Å². The minimum absolute atomic E-state index is 0.487. The standard InChI is InChI=1S/C18H19ClN2/c1-13(2)9-14-3-5-15(6-4-14)12-21-17-7-8-18(19)16(10-17)11-20/h3-8,10,13,21H,9,12H2,1-2H3. The minimum atomic E-state index is 0.487. The molecule has 0 radical (unpaired) electrons. The van der Waals surface area contributed by atoms with Crippen molar-refractivity contribution < 1.29 is 0 Å². The molecule has 1 N–H and O–H groups in total. The summed E-state index contributed by atoms with van der Waals surface area (Å²) in [6, 6.07) is 16.1. The van der Waals surface area contributed by atoms with Crippen LogP contribution in [-0.2, 0) is 13.0 Å². The number of anilines is 1. The molecule has 2 aromatic rings. The first-order valence-corrected chi connectivity index (χ1v) is 7.47. The van der Waals surface area contributed by atoms with Crippen LogP contribution in [0.15, 0.2) is 42.5 Å². The highest BCUT2D eigenvalue weighted by molar-refractivity contribution is 6.31. The SMILES string of the molecule is CC(C)Cc1ccc(CNc2ccc(Cl)c(C#N)c2)cc1. The molecule has 0 heterocycles. The van der Waals surface area contributed by atoms with E-state index in [0.29, 0.717) is 16.5 Å². The molecule has 108 valence electrons. The normalized spacial score (nSPS) is 10.4. The first-order valence-electron chi connectivity index (χ1n) is 7.10. The lowest BCUT2D eigenvalue weighted by Crippen LogP contribution is -2.00. The molecule has 0 atom stereocenters. The van der Waals surface area contributed by atoms with E-state index in [1.807, 2.05) is 6.07 Å². The van der Waals surface area contributed by atoms with Crippen molar-refractivity contribution in [2.24, 2.45) is 5.92 Å². The number of benzene rings is 2. The van der Waals surface area contributed by atoms with Gasteiger partial charge in [-0.25, -0.2) is 0 Å². The Morgan fingerprint density at radius 1 is 1.10 bits per heavy atom. The predicted octanol–water partition coefficient (Wildman–Crippen LogP) is 5.02. The molecular formula is C18H19ClN2. The maximum Gasteiger partial charge on any atom is 0.101 e. The number of nitrogens with one attached hydrogen (secondary N) is 1. The van der Waals surface area contributed by atoms with Crippen LogP contribution < -0.4 is 5.32 Å². The molecule has 0 saturated carbocycles. The van der Waals surface area contributed by atoms with Gasteiger partial charge in [0, 0.05) is 12.2 Å². The van der Waals surface area contributed by atoms with Crippen molar-refractivity contribution in [3.63, 3.8) is 0 Å². The molecule has 0 aliphatic rings. The van der Waals surface area contributed by atoms with Crippen LogP contribution in [0.3, 0.4) is 0 Å². The van der Waals surface area contributed by atoms with E-state index in [1.165, 1.54) is 11.1 Å². The van der Waals surface area contributed by atoms with Crippen molar-refractivity contribution in [2.45, 2.75) is 26.8 Å². The van der Waals surface area contributed by atoms with Crippen LogP contribution >= 0.6 is 11.6 Å². The van der Waals surface area contributed by atoms with Gasteiger partial charge < -0.3 is 5.32 Å². The summed E-state index contributed by atoms with van der Waals surface area (Å²) in [5.74, 6) is 0.674. The third kappa shape index (κ3) is 4.51. The van der Waals surface area contributed by atoms with Crippen molar-refractivity contribution in [2.75, 3.05) is 5.32 Å². The van der Waals surface area contributed by atoms with Gasteiger partial charge in [0.2, 0.25) is 0 Å². The van der Waals surface area contributed by atoms with Gasteiger partial charge in [-0.1, -0.05) is 49.7 Å². The fourth-order valence-corrected chi connectivity index (χ4v) is 2.35. The monoisotopic (exact) mass is 298 g/mol. The van der Waals surface area contributed by atoms with Gasteiger partial charge in [-0.3, -0.25) is 0 Å². The van der Waals surface area contributed by atoms with Crippen molar-refractivity contribution in [1.82, 2.24) is 0 Å². The number of halogens is 1. The number of nitrogens with zero attached hydrogens (tertiary/aromatic N) is 1. The molecule has 0 spiro atoms. The lowest BCUT2D eigenvalue weighted by atomic mass is 10.0. The van der Waals surface area contributed by atoms with Crippen LogP contribution in [-0.4, -0.2) is 0 Å². The summed E-state index contributed by atoms with van der Waals surface area (Å²) < 4.78 is 0. The molecule has 0 aliphatic carbocycles. The lowest BCUT2D eigenvalue weighted by molar-refractivity contribution is 0.647. The summed E-state index contributed by atoms with van der Waals surface area (Å²) in [7, 11) is 0. The number of nitriles is 1. The second-order valence-electron chi connectivity index (χ2n) is 5.57. The summed E-state index contributed by atoms with van der Waals surface area (Å²) in [6.07, 6.45) is 1.11. The van der Waals surface area contributed by atoms with E-state index in [-0.39, 0.29) is 0 Å². The third-order valence-corrected chi connectivity index (χ3v) is 3.58. The molecule has 2 aromatic carbocycles. The molecular weight excluding hydrogens is 280 g/mol. The average molecular weight is 299 g/mol. The van der Waals surface area contributed by atoms with Crippen molar-refractivity contribution >= 4 is 17.3 Å². The molecule has 0 unspecified atom stereocenters. The molecule has 0 bridgehead atoms. The van der Waals surface area contributed by atoms with Gasteiger partial charge in [-0.05, 0) is 41.7 Å². The Balaban J connectivity index is 1.98. The van der Waals surface area contributed by atoms with Gasteiger partial charge in [-0.2, -0.15) is 5.26 Å². The summed E-state index contributed by atoms with van der Waals surface area (Å²) in [6.45, 7) is 5.18. The molecule has 0 aromatic heterocycles. The molecule has 0 saturated heterocycles. The van der Waals surface area contributed by atoms with Gasteiger partial charge in [0.05, 0.1) is 10.6 Å². The Kier molecular flexibility index (Phi) is 5.25. The molecule has 0 amide bonds. The van der Waals surface area contributed by atoms with Crippen LogP contribution in [0.5, 0.6) is 0 Å². The number of hydrogen-bond acceptors (Lipinski definition) is 2. The highest BCUT2D eigenvalue weighted by Crippen LogP contribution is 2.20. The fourth-order valence-electron chi connectivity index (χ4n) is 2.19. The number of hydrogen-bond donors (Lipinski definition) is 1. The largest absolute Gasteiger partial charge is 0.381 e. The minimum Gasteiger partial charge on any atom is -0.381 e. The molecule has 3 heteroatoms. The van der Waals surface area contributed by atoms with Crippen LogP contribution in [0.4, 0.5) is 5.69 Å². The highest BCUT2D eigenvalue weighted by Gasteiger charge is 2.02. The summed E-state index contributed by atoms with van der Waals surface area (Å²) in [5, 5.41) is 12.8. The quantitative estimate of drug-likeness (QED) is 0.841. The van der Waals surface area contributed by atoms with E-state index in [9.17, 15) is 0 Å². The Morgan fingerprint density at radius 3 is 2.38 bits per heavy atom. The maximum atomic E-state index is 8.97. The molecule has 2 nitrogen and oxygen atoms in total. The topological polar surface area (TPSA) is 35.8 Å². The van der Waals surface area contributed by atoms with Crippen molar-refractivity contribution in [3.05, 3.63) is 64.2 Å². The highest BCUT2D eigenvalue weighted by atomic mass is 35.5. The molecule has 0 aliphatic heterocycles. The van der Waals surface area contributed by atoms with Crippen molar-refractivity contribution in [1.29, 1.82) is 5.26 Å². The Morgan fingerprint density at radius 2 is 1.76 bits per heavy atom. The smallest absolute Gasteiger partial charge is 0.101 e. The van der Waals surface area contributed by atoms with Crippen LogP contribution in [0.1, 0.15) is 30.5 Å². The number of rotatable bonds is 5. The first-order chi connectivity index (χ1) is 10.1. The van der Waals surface area contributed by atoms with Crippen LogP contribution in [0.25, 0.3) is 0 Å². The van der Waals surface area contributed by atoms with Gasteiger partial charge in [-0.15, -0.1) is 0 Å². The van der Waals surface area contributed by atoms with E-state index in [0.717, 1.165) is 18.7 Å². The van der Waals surface area contributed by atoms with Crippen LogP contribution in [0.2, 0.25) is 5.02 Å². The first kappa shape index (κ1) is 15.4. The summed E-state index contributed by atoms with van der Waals surface area (Å²) >= 11 is 5.92.